The summed E-state index contributed by atoms with van der Waals surface area (Å²) < 4.78 is 5.23. The van der Waals surface area contributed by atoms with Gasteiger partial charge in [-0.3, -0.25) is 14.9 Å². The molecule has 0 radical (unpaired) electrons. The Labute approximate surface area is 177 Å². The van der Waals surface area contributed by atoms with Crippen LogP contribution in [-0.2, 0) is 25.5 Å². The summed E-state index contributed by atoms with van der Waals surface area (Å²) in [6.07, 6.45) is 3.40. The Morgan fingerprint density at radius 3 is 2.60 bits per heavy atom. The molecule has 1 amide bonds. The van der Waals surface area contributed by atoms with Crippen molar-refractivity contribution in [2.45, 2.75) is 63.6 Å². The number of carbonyl (C=O) groups is 3. The molecule has 8 heteroatoms. The number of ether oxygens (including phenoxy) is 1. The Balaban J connectivity index is 2.19. The predicted octanol–water partition coefficient (Wildman–Crippen LogP) is 1.32. The molecule has 1 fully saturated rings. The first-order valence-electron chi connectivity index (χ1n) is 10.7. The van der Waals surface area contributed by atoms with Gasteiger partial charge in [-0.2, -0.15) is 0 Å². The zero-order valence-electron chi connectivity index (χ0n) is 17.6. The van der Waals surface area contributed by atoms with Crippen LogP contribution >= 0.6 is 0 Å². The van der Waals surface area contributed by atoms with Crippen molar-refractivity contribution in [2.75, 3.05) is 19.7 Å². The molecule has 2 rings (SSSR count). The molecule has 4 N–H and O–H groups in total. The Morgan fingerprint density at radius 2 is 1.97 bits per heavy atom. The minimum absolute atomic E-state index is 0.241. The first-order valence-corrected chi connectivity index (χ1v) is 10.7. The standard InChI is InChI=1S/C22H33N3O5/c1-2-30-22(29)18(15-16-9-4-3-5-10-16)24-17(11-6-7-13-23)20(26)25-14-8-12-19(25)21(27)28/h3-5,9-10,17-19,24H,2,6-8,11-15,23H2,1H3,(H,27,28)/t17-,18-,19-/m0/s1. The normalized spacial score (nSPS) is 18.1. The third kappa shape index (κ3) is 6.81. The van der Waals surface area contributed by atoms with Crippen LogP contribution in [0.25, 0.3) is 0 Å². The highest BCUT2D eigenvalue weighted by Gasteiger charge is 2.38. The Bertz CT molecular complexity index is 697. The Hall–Kier alpha value is -2.45. The summed E-state index contributed by atoms with van der Waals surface area (Å²) in [4.78, 5) is 38.8. The molecule has 0 aromatic heterocycles. The molecule has 1 aliphatic heterocycles. The summed E-state index contributed by atoms with van der Waals surface area (Å²) in [5.41, 5.74) is 6.54. The van der Waals surface area contributed by atoms with Crippen LogP contribution in [0.4, 0.5) is 0 Å². The largest absolute Gasteiger partial charge is 0.480 e. The molecule has 1 aromatic rings. The van der Waals surface area contributed by atoms with E-state index in [1.807, 2.05) is 30.3 Å². The lowest BCUT2D eigenvalue weighted by atomic mass is 10.0. The summed E-state index contributed by atoms with van der Waals surface area (Å²) in [6, 6.07) is 7.33. The van der Waals surface area contributed by atoms with Crippen LogP contribution in [0.5, 0.6) is 0 Å². The third-order valence-corrected chi connectivity index (χ3v) is 5.32. The number of hydrogen-bond donors (Lipinski definition) is 3. The van der Waals surface area contributed by atoms with Crippen molar-refractivity contribution in [3.63, 3.8) is 0 Å². The lowest BCUT2D eigenvalue weighted by Gasteiger charge is -2.30. The second-order valence-corrected chi connectivity index (χ2v) is 7.53. The van der Waals surface area contributed by atoms with Gasteiger partial charge in [0.15, 0.2) is 0 Å². The monoisotopic (exact) mass is 419 g/mol. The van der Waals surface area contributed by atoms with Gasteiger partial charge in [0.05, 0.1) is 12.6 Å². The number of aliphatic carboxylic acids is 1. The Kier molecular flexibility index (Phi) is 9.76. The minimum Gasteiger partial charge on any atom is -0.480 e. The van der Waals surface area contributed by atoms with Crippen molar-refractivity contribution in [1.29, 1.82) is 0 Å². The van der Waals surface area contributed by atoms with E-state index in [1.165, 1.54) is 4.90 Å². The maximum Gasteiger partial charge on any atom is 0.326 e. The highest BCUT2D eigenvalue weighted by Crippen LogP contribution is 2.20. The average Bonchev–Trinajstić information content (AvgIpc) is 3.23. The molecular weight excluding hydrogens is 386 g/mol. The molecule has 1 heterocycles. The fraction of sp³-hybridized carbons (Fsp3) is 0.591. The van der Waals surface area contributed by atoms with Gasteiger partial charge in [0.2, 0.25) is 5.91 Å². The maximum atomic E-state index is 13.2. The summed E-state index contributed by atoms with van der Waals surface area (Å²) in [5, 5.41) is 12.6. The van der Waals surface area contributed by atoms with Crippen molar-refractivity contribution in [1.82, 2.24) is 10.2 Å². The van der Waals surface area contributed by atoms with E-state index in [-0.39, 0.29) is 12.5 Å². The molecule has 0 spiro atoms. The zero-order valence-corrected chi connectivity index (χ0v) is 17.6. The van der Waals surface area contributed by atoms with Crippen molar-refractivity contribution < 1.29 is 24.2 Å². The van der Waals surface area contributed by atoms with E-state index in [4.69, 9.17) is 10.5 Å². The zero-order chi connectivity index (χ0) is 21.9. The van der Waals surface area contributed by atoms with Crippen LogP contribution in [0.15, 0.2) is 30.3 Å². The van der Waals surface area contributed by atoms with Crippen LogP contribution in [0.3, 0.4) is 0 Å². The second kappa shape index (κ2) is 12.3. The number of esters is 1. The molecule has 0 aliphatic carbocycles. The molecule has 1 saturated heterocycles. The molecular formula is C22H33N3O5. The van der Waals surface area contributed by atoms with Crippen LogP contribution in [-0.4, -0.2) is 65.7 Å². The van der Waals surface area contributed by atoms with Crippen LogP contribution < -0.4 is 11.1 Å². The highest BCUT2D eigenvalue weighted by molar-refractivity contribution is 5.88. The van der Waals surface area contributed by atoms with Gasteiger partial charge >= 0.3 is 11.9 Å². The molecule has 8 nitrogen and oxygen atoms in total. The molecule has 0 bridgehead atoms. The van der Waals surface area contributed by atoms with E-state index in [2.05, 4.69) is 5.32 Å². The average molecular weight is 420 g/mol. The van der Waals surface area contributed by atoms with Crippen LogP contribution in [0.1, 0.15) is 44.6 Å². The van der Waals surface area contributed by atoms with Gasteiger partial charge in [0, 0.05) is 6.54 Å². The van der Waals surface area contributed by atoms with Gasteiger partial charge < -0.3 is 20.5 Å². The summed E-state index contributed by atoms with van der Waals surface area (Å²) in [7, 11) is 0. The quantitative estimate of drug-likeness (QED) is 0.345. The number of unbranched alkanes of at least 4 members (excludes halogenated alkanes) is 1. The van der Waals surface area contributed by atoms with E-state index in [0.717, 1.165) is 12.0 Å². The number of likely N-dealkylation sites (tertiary alicyclic amines) is 1. The fourth-order valence-corrected chi connectivity index (χ4v) is 3.80. The lowest BCUT2D eigenvalue weighted by molar-refractivity contribution is -0.150. The molecule has 0 saturated carbocycles. The second-order valence-electron chi connectivity index (χ2n) is 7.53. The molecule has 0 unspecified atom stereocenters. The highest BCUT2D eigenvalue weighted by atomic mass is 16.5. The van der Waals surface area contributed by atoms with E-state index in [9.17, 15) is 19.5 Å². The first kappa shape index (κ1) is 23.8. The van der Waals surface area contributed by atoms with Crippen molar-refractivity contribution in [3.8, 4) is 0 Å². The van der Waals surface area contributed by atoms with Gasteiger partial charge in [-0.15, -0.1) is 0 Å². The molecule has 1 aromatic carbocycles. The predicted molar refractivity (Wildman–Crippen MR) is 113 cm³/mol. The summed E-state index contributed by atoms with van der Waals surface area (Å²) >= 11 is 0. The van der Waals surface area contributed by atoms with Gasteiger partial charge in [-0.05, 0) is 51.1 Å². The fourth-order valence-electron chi connectivity index (χ4n) is 3.80. The van der Waals surface area contributed by atoms with E-state index >= 15 is 0 Å². The number of carboxylic acids is 1. The molecule has 166 valence electrons. The van der Waals surface area contributed by atoms with Gasteiger partial charge in [0.1, 0.15) is 12.1 Å². The summed E-state index contributed by atoms with van der Waals surface area (Å²) in [6.45, 7) is 2.90. The number of rotatable bonds is 12. The number of carboxylic acid groups (broad SMARTS) is 1. The molecule has 30 heavy (non-hydrogen) atoms. The summed E-state index contributed by atoms with van der Waals surface area (Å²) in [5.74, 6) is -1.69. The number of nitrogens with two attached hydrogens (primary N) is 1. The number of benzene rings is 1. The number of amides is 1. The number of nitrogens with one attached hydrogen (secondary N) is 1. The maximum absolute atomic E-state index is 13.2. The minimum atomic E-state index is -0.993. The van der Waals surface area contributed by atoms with Crippen molar-refractivity contribution in [2.24, 2.45) is 5.73 Å². The lowest BCUT2D eigenvalue weighted by Crippen LogP contribution is -2.55. The number of nitrogens with zero attached hydrogens (tertiary/aromatic N) is 1. The van der Waals surface area contributed by atoms with Crippen molar-refractivity contribution in [3.05, 3.63) is 35.9 Å². The Morgan fingerprint density at radius 1 is 1.23 bits per heavy atom. The topological polar surface area (TPSA) is 122 Å². The van der Waals surface area contributed by atoms with Gasteiger partial charge in [-0.1, -0.05) is 36.8 Å². The SMILES string of the molecule is CCOC(=O)[C@H](Cc1ccccc1)N[C@@H](CCCCN)C(=O)N1CCC[C@H]1C(=O)O. The third-order valence-electron chi connectivity index (χ3n) is 5.32. The first-order chi connectivity index (χ1) is 14.5. The van der Waals surface area contributed by atoms with Crippen molar-refractivity contribution >= 4 is 17.8 Å². The van der Waals surface area contributed by atoms with Gasteiger partial charge in [-0.25, -0.2) is 4.79 Å². The smallest absolute Gasteiger partial charge is 0.326 e. The number of hydrogen-bond acceptors (Lipinski definition) is 6. The van der Waals surface area contributed by atoms with E-state index < -0.39 is 30.1 Å². The molecule has 3 atom stereocenters. The van der Waals surface area contributed by atoms with Gasteiger partial charge in [0.25, 0.3) is 0 Å². The van der Waals surface area contributed by atoms with Crippen LogP contribution in [0.2, 0.25) is 0 Å². The number of carbonyl (C=O) groups excluding carboxylic acids is 2. The van der Waals surface area contributed by atoms with E-state index in [0.29, 0.717) is 45.2 Å². The van der Waals surface area contributed by atoms with Crippen LogP contribution in [0, 0.1) is 0 Å². The molecule has 1 aliphatic rings. The van der Waals surface area contributed by atoms with E-state index in [1.54, 1.807) is 6.92 Å².